The van der Waals surface area contributed by atoms with Crippen molar-refractivity contribution in [3.8, 4) is 0 Å². The summed E-state index contributed by atoms with van der Waals surface area (Å²) < 4.78 is 36.1. The van der Waals surface area contributed by atoms with E-state index in [2.05, 4.69) is 6.92 Å². The van der Waals surface area contributed by atoms with Crippen LogP contribution in [0.15, 0.2) is 29.2 Å². The van der Waals surface area contributed by atoms with E-state index in [1.165, 1.54) is 0 Å². The predicted molar refractivity (Wildman–Crippen MR) is 84.2 cm³/mol. The molecule has 0 amide bonds. The summed E-state index contributed by atoms with van der Waals surface area (Å²) in [6.45, 7) is 4.97. The summed E-state index contributed by atoms with van der Waals surface area (Å²) in [5.74, 6) is 0.605. The zero-order valence-corrected chi connectivity index (χ0v) is 14.1. The van der Waals surface area contributed by atoms with Crippen molar-refractivity contribution in [3.63, 3.8) is 0 Å². The van der Waals surface area contributed by atoms with Crippen LogP contribution in [0.25, 0.3) is 0 Å². The molecular weight excluding hydrogens is 300 g/mol. The van der Waals surface area contributed by atoms with Crippen LogP contribution in [0.3, 0.4) is 0 Å². The Morgan fingerprint density at radius 2 is 1.82 bits per heavy atom. The van der Waals surface area contributed by atoms with Gasteiger partial charge in [-0.25, -0.2) is 0 Å². The molecule has 22 heavy (non-hydrogen) atoms. The first-order valence-electron chi connectivity index (χ1n) is 8.02. The van der Waals surface area contributed by atoms with Gasteiger partial charge in [0.2, 0.25) is 0 Å². The van der Waals surface area contributed by atoms with Gasteiger partial charge in [-0.3, -0.25) is 4.18 Å². The van der Waals surface area contributed by atoms with E-state index >= 15 is 0 Å². The number of aryl methyl sites for hydroxylation is 1. The third kappa shape index (κ3) is 3.36. The van der Waals surface area contributed by atoms with Crippen LogP contribution in [0.4, 0.5) is 0 Å². The van der Waals surface area contributed by atoms with Crippen molar-refractivity contribution in [1.82, 2.24) is 0 Å². The molecule has 0 bridgehead atoms. The normalized spacial score (nSPS) is 32.5. The quantitative estimate of drug-likeness (QED) is 0.799. The third-order valence-corrected chi connectivity index (χ3v) is 6.19. The highest BCUT2D eigenvalue weighted by molar-refractivity contribution is 7.86. The van der Waals surface area contributed by atoms with Gasteiger partial charge in [0.15, 0.2) is 0 Å². The van der Waals surface area contributed by atoms with Gasteiger partial charge in [0.25, 0.3) is 10.1 Å². The van der Waals surface area contributed by atoms with Gasteiger partial charge in [0, 0.05) is 6.61 Å². The fraction of sp³-hybridized carbons (Fsp3) is 0.647. The fourth-order valence-corrected chi connectivity index (χ4v) is 4.70. The van der Waals surface area contributed by atoms with Gasteiger partial charge in [-0.1, -0.05) is 24.6 Å². The fourth-order valence-electron chi connectivity index (χ4n) is 3.57. The van der Waals surface area contributed by atoms with Gasteiger partial charge in [-0.2, -0.15) is 8.42 Å². The molecule has 5 heteroatoms. The molecule has 1 atom stereocenters. The lowest BCUT2D eigenvalue weighted by atomic mass is 9.80. The molecule has 0 aromatic heterocycles. The van der Waals surface area contributed by atoms with Crippen LogP contribution in [-0.4, -0.2) is 26.7 Å². The Hall–Kier alpha value is -0.910. The van der Waals surface area contributed by atoms with Crippen LogP contribution in [0.1, 0.15) is 44.6 Å². The minimum absolute atomic E-state index is 0.0209. The lowest BCUT2D eigenvalue weighted by Gasteiger charge is -2.36. The lowest BCUT2D eigenvalue weighted by Crippen LogP contribution is -2.36. The van der Waals surface area contributed by atoms with E-state index in [0.29, 0.717) is 5.92 Å². The van der Waals surface area contributed by atoms with Crippen LogP contribution >= 0.6 is 0 Å². The van der Waals surface area contributed by atoms with Crippen LogP contribution in [0.5, 0.6) is 0 Å². The highest BCUT2D eigenvalue weighted by Gasteiger charge is 2.42. The summed E-state index contributed by atoms with van der Waals surface area (Å²) >= 11 is 0. The van der Waals surface area contributed by atoms with Crippen LogP contribution < -0.4 is 0 Å². The van der Waals surface area contributed by atoms with Crippen LogP contribution in [0, 0.1) is 12.8 Å². The molecule has 122 valence electrons. The second-order valence-corrected chi connectivity index (χ2v) is 8.44. The molecule has 2 aliphatic rings. The first kappa shape index (κ1) is 16.0. The molecule has 1 heterocycles. The van der Waals surface area contributed by atoms with E-state index in [-0.39, 0.29) is 16.6 Å². The maximum atomic E-state index is 12.3. The predicted octanol–water partition coefficient (Wildman–Crippen LogP) is 3.44. The highest BCUT2D eigenvalue weighted by Crippen LogP contribution is 2.42. The van der Waals surface area contributed by atoms with E-state index in [1.54, 1.807) is 24.3 Å². The van der Waals surface area contributed by atoms with E-state index in [9.17, 15) is 8.42 Å². The molecule has 1 saturated carbocycles. The van der Waals surface area contributed by atoms with Crippen molar-refractivity contribution in [1.29, 1.82) is 0 Å². The molecule has 3 rings (SSSR count). The largest absolute Gasteiger partial charge is 0.375 e. The smallest absolute Gasteiger partial charge is 0.297 e. The van der Waals surface area contributed by atoms with Gasteiger partial charge in [0.1, 0.15) is 0 Å². The summed E-state index contributed by atoms with van der Waals surface area (Å²) in [6.07, 6.45) is 4.15. The number of hydrogen-bond donors (Lipinski definition) is 0. The lowest BCUT2D eigenvalue weighted by molar-refractivity contribution is -0.0458. The van der Waals surface area contributed by atoms with Gasteiger partial charge in [-0.15, -0.1) is 0 Å². The van der Waals surface area contributed by atoms with Crippen molar-refractivity contribution in [2.45, 2.75) is 62.6 Å². The SMILES string of the molecule is Cc1ccc(S(=O)(=O)OC2CCC3(CC2)CC(C)CO3)cc1. The molecule has 1 saturated heterocycles. The number of hydrogen-bond acceptors (Lipinski definition) is 4. The summed E-state index contributed by atoms with van der Waals surface area (Å²) in [4.78, 5) is 0.240. The maximum absolute atomic E-state index is 12.3. The topological polar surface area (TPSA) is 52.6 Å². The highest BCUT2D eigenvalue weighted by atomic mass is 32.2. The first-order chi connectivity index (χ1) is 10.4. The van der Waals surface area contributed by atoms with Crippen molar-refractivity contribution in [2.24, 2.45) is 5.92 Å². The molecule has 1 spiro atoms. The van der Waals surface area contributed by atoms with Gasteiger partial charge < -0.3 is 4.74 Å². The van der Waals surface area contributed by atoms with E-state index in [0.717, 1.165) is 44.3 Å². The second kappa shape index (κ2) is 5.95. The second-order valence-electron chi connectivity index (χ2n) is 6.87. The van der Waals surface area contributed by atoms with Crippen molar-refractivity contribution in [2.75, 3.05) is 6.61 Å². The molecule has 1 unspecified atom stereocenters. The van der Waals surface area contributed by atoms with Crippen LogP contribution in [-0.2, 0) is 19.0 Å². The third-order valence-electron chi connectivity index (χ3n) is 4.81. The average molecular weight is 324 g/mol. The maximum Gasteiger partial charge on any atom is 0.297 e. The Labute approximate surface area is 132 Å². The minimum Gasteiger partial charge on any atom is -0.375 e. The van der Waals surface area contributed by atoms with Crippen molar-refractivity contribution >= 4 is 10.1 Å². The number of rotatable bonds is 3. The van der Waals surface area contributed by atoms with Crippen LogP contribution in [0.2, 0.25) is 0 Å². The summed E-state index contributed by atoms with van der Waals surface area (Å²) in [5.41, 5.74) is 1.01. The molecule has 1 aliphatic carbocycles. The molecule has 1 aliphatic heterocycles. The molecule has 1 aromatic carbocycles. The Morgan fingerprint density at radius 3 is 2.36 bits per heavy atom. The van der Waals surface area contributed by atoms with Gasteiger partial charge >= 0.3 is 0 Å². The van der Waals surface area contributed by atoms with E-state index < -0.39 is 10.1 Å². The molecule has 0 N–H and O–H groups in total. The minimum atomic E-state index is -3.66. The average Bonchev–Trinajstić information content (AvgIpc) is 2.83. The van der Waals surface area contributed by atoms with Gasteiger partial charge in [-0.05, 0) is 57.1 Å². The first-order valence-corrected chi connectivity index (χ1v) is 9.43. The zero-order chi connectivity index (χ0) is 15.8. The molecule has 2 fully saturated rings. The summed E-state index contributed by atoms with van der Waals surface area (Å²) in [6, 6.07) is 6.80. The number of benzene rings is 1. The monoisotopic (exact) mass is 324 g/mol. The van der Waals surface area contributed by atoms with Crippen molar-refractivity contribution in [3.05, 3.63) is 29.8 Å². The summed E-state index contributed by atoms with van der Waals surface area (Å²) in [5, 5.41) is 0. The van der Waals surface area contributed by atoms with Gasteiger partial charge in [0.05, 0.1) is 16.6 Å². The Morgan fingerprint density at radius 1 is 1.18 bits per heavy atom. The zero-order valence-electron chi connectivity index (χ0n) is 13.2. The Bertz CT molecular complexity index is 613. The Kier molecular flexibility index (Phi) is 4.32. The molecular formula is C17H24O4S. The van der Waals surface area contributed by atoms with E-state index in [4.69, 9.17) is 8.92 Å². The summed E-state index contributed by atoms with van der Waals surface area (Å²) in [7, 11) is -3.66. The van der Waals surface area contributed by atoms with E-state index in [1.807, 2.05) is 6.92 Å². The molecule has 4 nitrogen and oxygen atoms in total. The Balaban J connectivity index is 1.61. The van der Waals surface area contributed by atoms with Crippen molar-refractivity contribution < 1.29 is 17.3 Å². The molecule has 1 aromatic rings. The number of ether oxygens (including phenoxy) is 1. The standard InChI is InChI=1S/C17H24O4S/c1-13-3-5-16(6-4-13)22(18,19)21-15-7-9-17(10-8-15)11-14(2)12-20-17/h3-6,14-15H,7-12H2,1-2H3. The molecule has 0 radical (unpaired) electrons.